The van der Waals surface area contributed by atoms with E-state index in [0.717, 1.165) is 49.1 Å². The van der Waals surface area contributed by atoms with Crippen LogP contribution in [-0.2, 0) is 0 Å². The molecule has 4 aromatic heterocycles. The monoisotopic (exact) mass is 448 g/mol. The molecule has 0 fully saturated rings. The summed E-state index contributed by atoms with van der Waals surface area (Å²) >= 11 is 0. The number of nitrogens with zero attached hydrogens (tertiary/aromatic N) is 2. The van der Waals surface area contributed by atoms with E-state index in [9.17, 15) is 10.0 Å². The highest BCUT2D eigenvalue weighted by molar-refractivity contribution is 6.63. The van der Waals surface area contributed by atoms with Gasteiger partial charge in [0.1, 0.15) is 0 Å². The van der Waals surface area contributed by atoms with Gasteiger partial charge in [0.2, 0.25) is 0 Å². The number of para-hydroxylation sites is 4. The van der Waals surface area contributed by atoms with Crippen LogP contribution in [-0.4, -0.2) is 26.0 Å². The van der Waals surface area contributed by atoms with Crippen molar-refractivity contribution in [1.82, 2.24) is 8.80 Å². The van der Waals surface area contributed by atoms with Gasteiger partial charge in [-0.05, 0) is 17.5 Å². The smallest absolute Gasteiger partial charge is 0.423 e. The number of aromatic nitrogens is 2. The van der Waals surface area contributed by atoms with E-state index < -0.39 is 7.12 Å². The molecule has 5 aromatic carbocycles. The third-order valence-electron chi connectivity index (χ3n) is 7.98. The first kappa shape index (κ1) is 18.1. The molecule has 0 aliphatic rings. The molecule has 0 unspecified atom stereocenters. The molecular formula is C30H17BN2O2. The van der Waals surface area contributed by atoms with Crippen LogP contribution in [0.15, 0.2) is 91.0 Å². The lowest BCUT2D eigenvalue weighted by Gasteiger charge is -2.21. The predicted octanol–water partition coefficient (Wildman–Crippen LogP) is 5.67. The maximum absolute atomic E-state index is 10.7. The number of hydrogen-bond acceptors (Lipinski definition) is 2. The minimum atomic E-state index is -1.60. The van der Waals surface area contributed by atoms with Crippen molar-refractivity contribution in [3.05, 3.63) is 91.0 Å². The standard InChI is InChI=1S/C30H17BN2O2/c34-31(35)23-15-22-20-11-5-9-18-16-7-2-4-14-25(16)33(27(18)20)30-26(22)21-12-6-10-19-17-8-1-3-13-24(17)32(28(19)21)29(23)30/h1-15,34-35H. The minimum absolute atomic E-state index is 0.524. The summed E-state index contributed by atoms with van der Waals surface area (Å²) < 4.78 is 4.59. The van der Waals surface area contributed by atoms with Gasteiger partial charge in [0.15, 0.2) is 0 Å². The Morgan fingerprint density at radius 3 is 1.57 bits per heavy atom. The zero-order chi connectivity index (χ0) is 23.0. The molecule has 9 aromatic rings. The maximum Gasteiger partial charge on any atom is 0.490 e. The average Bonchev–Trinajstić information content (AvgIpc) is 3.40. The normalized spacial score (nSPS) is 12.9. The van der Waals surface area contributed by atoms with Crippen LogP contribution in [0.2, 0.25) is 0 Å². The molecule has 0 aliphatic carbocycles. The Morgan fingerprint density at radius 2 is 0.943 bits per heavy atom. The summed E-state index contributed by atoms with van der Waals surface area (Å²) in [4.78, 5) is 0. The third kappa shape index (κ3) is 1.89. The third-order valence-corrected chi connectivity index (χ3v) is 7.98. The second-order valence-corrected chi connectivity index (χ2v) is 9.57. The molecule has 0 saturated heterocycles. The Balaban J connectivity index is 1.80. The fraction of sp³-hybridized carbons (Fsp3) is 0. The van der Waals surface area contributed by atoms with E-state index in [4.69, 9.17) is 0 Å². The van der Waals surface area contributed by atoms with Crippen molar-refractivity contribution in [3.63, 3.8) is 0 Å². The lowest BCUT2D eigenvalue weighted by atomic mass is 9.76. The largest absolute Gasteiger partial charge is 0.490 e. The summed E-state index contributed by atoms with van der Waals surface area (Å²) in [7, 11) is -1.60. The molecule has 9 rings (SSSR count). The van der Waals surface area contributed by atoms with Gasteiger partial charge in [-0.25, -0.2) is 0 Å². The van der Waals surface area contributed by atoms with Gasteiger partial charge in [0, 0.05) is 43.2 Å². The second kappa shape index (κ2) is 5.84. The lowest BCUT2D eigenvalue weighted by Crippen LogP contribution is -2.32. The molecule has 0 atom stereocenters. The van der Waals surface area contributed by atoms with E-state index in [1.54, 1.807) is 0 Å². The van der Waals surface area contributed by atoms with Crippen molar-refractivity contribution in [2.45, 2.75) is 0 Å². The van der Waals surface area contributed by atoms with E-state index in [1.807, 2.05) is 12.1 Å². The molecular weight excluding hydrogens is 431 g/mol. The van der Waals surface area contributed by atoms with Gasteiger partial charge in [0.25, 0.3) is 0 Å². The maximum atomic E-state index is 10.7. The Morgan fingerprint density at radius 1 is 0.457 bits per heavy atom. The van der Waals surface area contributed by atoms with Gasteiger partial charge >= 0.3 is 7.12 Å². The van der Waals surface area contributed by atoms with E-state index in [-0.39, 0.29) is 0 Å². The first-order valence-electron chi connectivity index (χ1n) is 11.9. The topological polar surface area (TPSA) is 49.3 Å². The highest BCUT2D eigenvalue weighted by atomic mass is 16.4. The molecule has 0 aliphatic heterocycles. The van der Waals surface area contributed by atoms with E-state index in [2.05, 4.69) is 87.7 Å². The number of rotatable bonds is 1. The van der Waals surface area contributed by atoms with Crippen LogP contribution in [0.3, 0.4) is 0 Å². The molecule has 4 bridgehead atoms. The first-order chi connectivity index (χ1) is 17.2. The fourth-order valence-electron chi connectivity index (χ4n) is 6.73. The van der Waals surface area contributed by atoms with Gasteiger partial charge in [-0.3, -0.25) is 0 Å². The molecule has 0 amide bonds. The molecule has 162 valence electrons. The van der Waals surface area contributed by atoms with Crippen LogP contribution in [0.1, 0.15) is 0 Å². The SMILES string of the molecule is OB(O)c1cc2c3cccc4c5ccccc5n(c34)c3c2c2cccc4c5ccccc5n(c13)c42. The molecule has 35 heavy (non-hydrogen) atoms. The highest BCUT2D eigenvalue weighted by Crippen LogP contribution is 2.45. The van der Waals surface area contributed by atoms with Crippen LogP contribution in [0.25, 0.3) is 76.2 Å². The van der Waals surface area contributed by atoms with Crippen LogP contribution >= 0.6 is 0 Å². The molecule has 0 radical (unpaired) electrons. The molecule has 5 heteroatoms. The van der Waals surface area contributed by atoms with E-state index in [0.29, 0.717) is 5.46 Å². The summed E-state index contributed by atoms with van der Waals surface area (Å²) in [5.41, 5.74) is 6.89. The molecule has 4 heterocycles. The Kier molecular flexibility index (Phi) is 3.01. The summed E-state index contributed by atoms with van der Waals surface area (Å²) in [6.45, 7) is 0. The fourth-order valence-corrected chi connectivity index (χ4v) is 6.73. The Hall–Kier alpha value is -4.32. The zero-order valence-electron chi connectivity index (χ0n) is 18.5. The summed E-state index contributed by atoms with van der Waals surface area (Å²) in [5.74, 6) is 0. The van der Waals surface area contributed by atoms with Crippen molar-refractivity contribution in [3.8, 4) is 0 Å². The summed E-state index contributed by atoms with van der Waals surface area (Å²) in [5, 5.41) is 30.6. The lowest BCUT2D eigenvalue weighted by molar-refractivity contribution is 0.426. The highest BCUT2D eigenvalue weighted by Gasteiger charge is 2.28. The van der Waals surface area contributed by atoms with Gasteiger partial charge in [-0.1, -0.05) is 78.9 Å². The molecule has 0 saturated carbocycles. The zero-order valence-corrected chi connectivity index (χ0v) is 18.5. The minimum Gasteiger partial charge on any atom is -0.423 e. The Bertz CT molecular complexity index is 2310. The van der Waals surface area contributed by atoms with Crippen molar-refractivity contribution in [1.29, 1.82) is 0 Å². The number of benzene rings is 5. The van der Waals surface area contributed by atoms with Crippen molar-refractivity contribution < 1.29 is 10.0 Å². The van der Waals surface area contributed by atoms with Gasteiger partial charge in [-0.15, -0.1) is 0 Å². The van der Waals surface area contributed by atoms with Crippen LogP contribution in [0, 0.1) is 0 Å². The average molecular weight is 448 g/mol. The van der Waals surface area contributed by atoms with Crippen LogP contribution in [0.4, 0.5) is 0 Å². The van der Waals surface area contributed by atoms with Crippen molar-refractivity contribution >= 4 is 88.8 Å². The first-order valence-corrected chi connectivity index (χ1v) is 11.9. The van der Waals surface area contributed by atoms with Gasteiger partial charge < -0.3 is 18.8 Å². The molecule has 4 nitrogen and oxygen atoms in total. The molecule has 2 N–H and O–H groups in total. The van der Waals surface area contributed by atoms with Crippen LogP contribution in [0.5, 0.6) is 0 Å². The molecule has 0 spiro atoms. The second-order valence-electron chi connectivity index (χ2n) is 9.57. The number of hydrogen-bond donors (Lipinski definition) is 2. The van der Waals surface area contributed by atoms with Crippen LogP contribution < -0.4 is 5.46 Å². The predicted molar refractivity (Wildman–Crippen MR) is 146 cm³/mol. The quantitative estimate of drug-likeness (QED) is 0.193. The summed E-state index contributed by atoms with van der Waals surface area (Å²) in [6, 6.07) is 31.8. The van der Waals surface area contributed by atoms with E-state index in [1.165, 1.54) is 27.1 Å². The number of fused-ring (bicyclic) bond motifs is 8. The van der Waals surface area contributed by atoms with Gasteiger partial charge in [-0.2, -0.15) is 0 Å². The van der Waals surface area contributed by atoms with Gasteiger partial charge in [0.05, 0.1) is 33.1 Å². The van der Waals surface area contributed by atoms with E-state index >= 15 is 0 Å². The van der Waals surface area contributed by atoms with Crippen molar-refractivity contribution in [2.75, 3.05) is 0 Å². The Labute approximate surface area is 198 Å². The number of pyridine rings is 2. The van der Waals surface area contributed by atoms with Crippen molar-refractivity contribution in [2.24, 2.45) is 0 Å². The summed E-state index contributed by atoms with van der Waals surface area (Å²) in [6.07, 6.45) is 0.